The lowest BCUT2D eigenvalue weighted by Crippen LogP contribution is -2.28. The largest absolute Gasteiger partial charge is 0.504 e. The number of aliphatic hydroxyl groups is 1. The molecule has 0 radical (unpaired) electrons. The summed E-state index contributed by atoms with van der Waals surface area (Å²) in [5.41, 5.74) is 2.28. The van der Waals surface area contributed by atoms with Gasteiger partial charge in [-0.15, -0.1) is 0 Å². The van der Waals surface area contributed by atoms with Crippen LogP contribution in [0.3, 0.4) is 0 Å². The van der Waals surface area contributed by atoms with Gasteiger partial charge in [-0.3, -0.25) is 4.90 Å². The molecule has 0 aliphatic carbocycles. The molecule has 0 aliphatic rings. The van der Waals surface area contributed by atoms with Crippen molar-refractivity contribution in [2.75, 3.05) is 26.8 Å². The van der Waals surface area contributed by atoms with Crippen LogP contribution in [0.1, 0.15) is 11.1 Å². The zero-order valence-corrected chi connectivity index (χ0v) is 12.9. The molecule has 0 heterocycles. The Morgan fingerprint density at radius 1 is 1.00 bits per heavy atom. The average Bonchev–Trinajstić information content (AvgIpc) is 2.54. The number of ether oxygens (including phenoxy) is 1. The van der Waals surface area contributed by atoms with Gasteiger partial charge in [0.25, 0.3) is 0 Å². The SMILES string of the molecule is COc1ccc(CN(CCO)CCc2ccccc2)cc1O. The van der Waals surface area contributed by atoms with Crippen molar-refractivity contribution < 1.29 is 14.9 Å². The Morgan fingerprint density at radius 3 is 2.41 bits per heavy atom. The molecule has 0 bridgehead atoms. The lowest BCUT2D eigenvalue weighted by molar-refractivity contribution is 0.191. The molecule has 0 aliphatic heterocycles. The number of aromatic hydroxyl groups is 1. The van der Waals surface area contributed by atoms with Crippen LogP contribution in [-0.4, -0.2) is 41.9 Å². The van der Waals surface area contributed by atoms with E-state index in [0.29, 0.717) is 18.8 Å². The first kappa shape index (κ1) is 16.3. The van der Waals surface area contributed by atoms with Gasteiger partial charge >= 0.3 is 0 Å². The van der Waals surface area contributed by atoms with Gasteiger partial charge in [-0.2, -0.15) is 0 Å². The molecule has 4 heteroatoms. The topological polar surface area (TPSA) is 52.9 Å². The molecule has 0 amide bonds. The predicted molar refractivity (Wildman–Crippen MR) is 87.2 cm³/mol. The normalized spacial score (nSPS) is 10.9. The first-order valence-electron chi connectivity index (χ1n) is 7.46. The molecule has 0 aromatic heterocycles. The molecule has 118 valence electrons. The summed E-state index contributed by atoms with van der Waals surface area (Å²) in [5.74, 6) is 0.619. The molecule has 2 rings (SSSR count). The van der Waals surface area contributed by atoms with Gasteiger partial charge in [0.15, 0.2) is 11.5 Å². The van der Waals surface area contributed by atoms with Crippen molar-refractivity contribution in [2.24, 2.45) is 0 Å². The van der Waals surface area contributed by atoms with Crippen molar-refractivity contribution in [3.63, 3.8) is 0 Å². The number of benzene rings is 2. The van der Waals surface area contributed by atoms with Gasteiger partial charge in [-0.05, 0) is 29.7 Å². The van der Waals surface area contributed by atoms with Gasteiger partial charge in [-0.1, -0.05) is 36.4 Å². The summed E-state index contributed by atoms with van der Waals surface area (Å²) in [6.07, 6.45) is 0.934. The van der Waals surface area contributed by atoms with E-state index in [2.05, 4.69) is 17.0 Å². The molecule has 0 spiro atoms. The number of hydrogen-bond acceptors (Lipinski definition) is 4. The van der Waals surface area contributed by atoms with E-state index in [1.807, 2.05) is 24.3 Å². The van der Waals surface area contributed by atoms with E-state index < -0.39 is 0 Å². The maximum Gasteiger partial charge on any atom is 0.160 e. The fourth-order valence-electron chi connectivity index (χ4n) is 2.44. The second kappa shape index (κ2) is 8.41. The zero-order valence-electron chi connectivity index (χ0n) is 12.9. The molecular weight excluding hydrogens is 278 g/mol. The van der Waals surface area contributed by atoms with Gasteiger partial charge in [0, 0.05) is 19.6 Å². The Bertz CT molecular complexity index is 572. The second-order valence-electron chi connectivity index (χ2n) is 5.24. The van der Waals surface area contributed by atoms with Crippen LogP contribution in [0.2, 0.25) is 0 Å². The number of aliphatic hydroxyl groups excluding tert-OH is 1. The van der Waals surface area contributed by atoms with Gasteiger partial charge in [-0.25, -0.2) is 0 Å². The molecule has 0 saturated heterocycles. The fourth-order valence-corrected chi connectivity index (χ4v) is 2.44. The summed E-state index contributed by atoms with van der Waals surface area (Å²) in [5, 5.41) is 19.1. The van der Waals surface area contributed by atoms with Gasteiger partial charge in [0.2, 0.25) is 0 Å². The van der Waals surface area contributed by atoms with Crippen LogP contribution >= 0.6 is 0 Å². The van der Waals surface area contributed by atoms with Crippen LogP contribution in [0.4, 0.5) is 0 Å². The van der Waals surface area contributed by atoms with Crippen molar-refractivity contribution >= 4 is 0 Å². The molecule has 2 aromatic rings. The van der Waals surface area contributed by atoms with E-state index in [-0.39, 0.29) is 12.4 Å². The van der Waals surface area contributed by atoms with E-state index in [0.717, 1.165) is 18.5 Å². The molecule has 22 heavy (non-hydrogen) atoms. The maximum absolute atomic E-state index is 9.85. The standard InChI is InChI=1S/C18H23NO3/c1-22-18-8-7-16(13-17(18)21)14-19(11-12-20)10-9-15-5-3-2-4-6-15/h2-8,13,20-21H,9-12,14H2,1H3. The third kappa shape index (κ3) is 4.76. The summed E-state index contributed by atoms with van der Waals surface area (Å²) >= 11 is 0. The smallest absolute Gasteiger partial charge is 0.160 e. The molecule has 2 N–H and O–H groups in total. The highest BCUT2D eigenvalue weighted by Crippen LogP contribution is 2.26. The van der Waals surface area contributed by atoms with Gasteiger partial charge in [0.05, 0.1) is 13.7 Å². The van der Waals surface area contributed by atoms with Crippen molar-refractivity contribution in [2.45, 2.75) is 13.0 Å². The van der Waals surface area contributed by atoms with Gasteiger partial charge in [0.1, 0.15) is 0 Å². The summed E-state index contributed by atoms with van der Waals surface area (Å²) in [4.78, 5) is 2.17. The lowest BCUT2D eigenvalue weighted by atomic mass is 10.1. The number of rotatable bonds is 8. The highest BCUT2D eigenvalue weighted by atomic mass is 16.5. The predicted octanol–water partition coefficient (Wildman–Crippen LogP) is 2.44. The number of phenols is 1. The second-order valence-corrected chi connectivity index (χ2v) is 5.24. The third-order valence-electron chi connectivity index (χ3n) is 3.63. The Balaban J connectivity index is 1.97. The highest BCUT2D eigenvalue weighted by Gasteiger charge is 2.08. The minimum atomic E-state index is 0.122. The third-order valence-corrected chi connectivity index (χ3v) is 3.63. The van der Waals surface area contributed by atoms with E-state index in [1.54, 1.807) is 12.1 Å². The van der Waals surface area contributed by atoms with Crippen LogP contribution in [0.25, 0.3) is 0 Å². The van der Waals surface area contributed by atoms with Crippen LogP contribution in [-0.2, 0) is 13.0 Å². The minimum Gasteiger partial charge on any atom is -0.504 e. The molecule has 0 atom stereocenters. The van der Waals surface area contributed by atoms with Crippen LogP contribution in [0, 0.1) is 0 Å². The summed E-state index contributed by atoms with van der Waals surface area (Å²) in [6.45, 7) is 2.28. The molecule has 4 nitrogen and oxygen atoms in total. The van der Waals surface area contributed by atoms with E-state index >= 15 is 0 Å². The minimum absolute atomic E-state index is 0.122. The van der Waals surface area contributed by atoms with Crippen molar-refractivity contribution in [1.82, 2.24) is 4.90 Å². The van der Waals surface area contributed by atoms with Gasteiger partial charge < -0.3 is 14.9 Å². The highest BCUT2D eigenvalue weighted by molar-refractivity contribution is 5.41. The number of phenolic OH excluding ortho intramolecular Hbond substituents is 1. The summed E-state index contributed by atoms with van der Waals surface area (Å²) < 4.78 is 5.05. The Kier molecular flexibility index (Phi) is 6.25. The van der Waals surface area contributed by atoms with Crippen LogP contribution < -0.4 is 4.74 Å². The van der Waals surface area contributed by atoms with E-state index in [9.17, 15) is 10.2 Å². The zero-order chi connectivity index (χ0) is 15.8. The van der Waals surface area contributed by atoms with E-state index in [1.165, 1.54) is 12.7 Å². The van der Waals surface area contributed by atoms with Crippen LogP contribution in [0.5, 0.6) is 11.5 Å². The Morgan fingerprint density at radius 2 is 1.77 bits per heavy atom. The van der Waals surface area contributed by atoms with Crippen molar-refractivity contribution in [3.05, 3.63) is 59.7 Å². The Hall–Kier alpha value is -2.04. The molecule has 0 saturated carbocycles. The van der Waals surface area contributed by atoms with E-state index in [4.69, 9.17) is 4.74 Å². The van der Waals surface area contributed by atoms with Crippen LogP contribution in [0.15, 0.2) is 48.5 Å². The maximum atomic E-state index is 9.85. The van der Waals surface area contributed by atoms with Crippen molar-refractivity contribution in [1.29, 1.82) is 0 Å². The molecule has 2 aromatic carbocycles. The monoisotopic (exact) mass is 301 g/mol. The van der Waals surface area contributed by atoms with Crippen molar-refractivity contribution in [3.8, 4) is 11.5 Å². The summed E-state index contributed by atoms with van der Waals surface area (Å²) in [7, 11) is 1.53. The Labute approximate surface area is 131 Å². The lowest BCUT2D eigenvalue weighted by Gasteiger charge is -2.21. The number of methoxy groups -OCH3 is 1. The number of nitrogens with zero attached hydrogens (tertiary/aromatic N) is 1. The molecule has 0 fully saturated rings. The molecule has 0 unspecified atom stereocenters. The number of hydrogen-bond donors (Lipinski definition) is 2. The summed E-state index contributed by atoms with van der Waals surface area (Å²) in [6, 6.07) is 15.7. The first-order chi connectivity index (χ1) is 10.7. The average molecular weight is 301 g/mol. The quantitative estimate of drug-likeness (QED) is 0.786. The fraction of sp³-hybridized carbons (Fsp3) is 0.333. The molecular formula is C18H23NO3. The first-order valence-corrected chi connectivity index (χ1v) is 7.46.